The van der Waals surface area contributed by atoms with Crippen LogP contribution in [-0.4, -0.2) is 6.04 Å². The van der Waals surface area contributed by atoms with Gasteiger partial charge in [-0.2, -0.15) is 5.26 Å². The Morgan fingerprint density at radius 3 is 2.54 bits per heavy atom. The molecular formula is C10H16N2S. The Bertz CT molecular complexity index is 236. The summed E-state index contributed by atoms with van der Waals surface area (Å²) in [6.45, 7) is 6.11. The summed E-state index contributed by atoms with van der Waals surface area (Å²) in [5.41, 5.74) is 0. The second-order valence-electron chi connectivity index (χ2n) is 2.79. The predicted octanol–water partition coefficient (Wildman–Crippen LogP) is 2.91. The first-order chi connectivity index (χ1) is 6.20. The molecule has 0 amide bonds. The van der Waals surface area contributed by atoms with Crippen molar-refractivity contribution in [3.05, 3.63) is 22.4 Å². The quantitative estimate of drug-likeness (QED) is 0.583. The third-order valence-corrected chi connectivity index (χ3v) is 2.39. The Balaban J connectivity index is 0.000000223. The molecule has 0 aliphatic heterocycles. The molecule has 0 radical (unpaired) electrons. The molecule has 0 saturated heterocycles. The molecule has 0 aliphatic rings. The van der Waals surface area contributed by atoms with Gasteiger partial charge in [-0.3, -0.25) is 0 Å². The van der Waals surface area contributed by atoms with Gasteiger partial charge in [-0.05, 0) is 31.7 Å². The summed E-state index contributed by atoms with van der Waals surface area (Å²) < 4.78 is 0. The van der Waals surface area contributed by atoms with Gasteiger partial charge in [0.05, 0.1) is 0 Å². The third-order valence-electron chi connectivity index (χ3n) is 1.59. The fraction of sp³-hybridized carbons (Fsp3) is 0.500. The second kappa shape index (κ2) is 7.63. The molecule has 1 rings (SSSR count). The predicted molar refractivity (Wildman–Crippen MR) is 57.6 cm³/mol. The first-order valence-corrected chi connectivity index (χ1v) is 5.23. The van der Waals surface area contributed by atoms with E-state index in [1.165, 1.54) is 4.88 Å². The molecule has 0 spiro atoms. The number of hydrogen-bond donors (Lipinski definition) is 1. The van der Waals surface area contributed by atoms with Crippen LogP contribution in [0.1, 0.15) is 25.1 Å². The maximum Gasteiger partial charge on any atom is 0.176 e. The average molecular weight is 196 g/mol. The van der Waals surface area contributed by atoms with Crippen molar-refractivity contribution >= 4 is 11.3 Å². The van der Waals surface area contributed by atoms with Gasteiger partial charge in [0.15, 0.2) is 6.19 Å². The van der Waals surface area contributed by atoms with Crippen molar-refractivity contribution in [2.24, 2.45) is 0 Å². The number of nitriles is 1. The Morgan fingerprint density at radius 1 is 1.69 bits per heavy atom. The van der Waals surface area contributed by atoms with Gasteiger partial charge < -0.3 is 5.32 Å². The normalized spacial score (nSPS) is 10.6. The van der Waals surface area contributed by atoms with Gasteiger partial charge in [-0.15, -0.1) is 11.3 Å². The zero-order chi connectivity index (χ0) is 10.1. The lowest BCUT2D eigenvalue weighted by Crippen LogP contribution is -2.18. The van der Waals surface area contributed by atoms with Crippen LogP contribution in [0.25, 0.3) is 0 Å². The van der Waals surface area contributed by atoms with E-state index < -0.39 is 0 Å². The van der Waals surface area contributed by atoms with Crippen molar-refractivity contribution in [3.63, 3.8) is 0 Å². The highest BCUT2D eigenvalue weighted by molar-refractivity contribution is 7.09. The molecule has 1 N–H and O–H groups in total. The zero-order valence-corrected chi connectivity index (χ0v) is 9.19. The Kier molecular flexibility index (Phi) is 7.04. The minimum Gasteiger partial charge on any atom is -0.321 e. The fourth-order valence-corrected chi connectivity index (χ4v) is 1.10. The molecule has 1 atom stereocenters. The van der Waals surface area contributed by atoms with Gasteiger partial charge in [0, 0.05) is 10.9 Å². The van der Waals surface area contributed by atoms with Crippen molar-refractivity contribution in [3.8, 4) is 6.19 Å². The van der Waals surface area contributed by atoms with E-state index in [0.29, 0.717) is 6.04 Å². The van der Waals surface area contributed by atoms with Gasteiger partial charge in [-0.1, -0.05) is 13.0 Å². The second-order valence-corrected chi connectivity index (χ2v) is 3.94. The topological polar surface area (TPSA) is 35.8 Å². The molecule has 0 bridgehead atoms. The van der Waals surface area contributed by atoms with E-state index in [9.17, 15) is 0 Å². The van der Waals surface area contributed by atoms with E-state index in [-0.39, 0.29) is 0 Å². The lowest BCUT2D eigenvalue weighted by atomic mass is 10.3. The maximum absolute atomic E-state index is 8.01. The van der Waals surface area contributed by atoms with Gasteiger partial charge in [-0.25, -0.2) is 0 Å². The van der Waals surface area contributed by atoms with Crippen LogP contribution in [0.5, 0.6) is 0 Å². The summed E-state index contributed by atoms with van der Waals surface area (Å²) in [6.07, 6.45) is 2.88. The van der Waals surface area contributed by atoms with Crippen LogP contribution in [0.15, 0.2) is 17.5 Å². The summed E-state index contributed by atoms with van der Waals surface area (Å²) in [5.74, 6) is 0. The molecule has 1 aromatic heterocycles. The molecule has 1 heterocycles. The standard InChI is InChI=1S/C5H10N2.C5H6S/c1-3-5(2)7-4-6;1-5-3-2-4-6-5/h5,7H,3H2,1-2H3;2-4H,1H3. The van der Waals surface area contributed by atoms with E-state index in [0.717, 1.165) is 6.42 Å². The Hall–Kier alpha value is -1.01. The highest BCUT2D eigenvalue weighted by Gasteiger charge is 1.90. The summed E-state index contributed by atoms with van der Waals surface area (Å²) in [6, 6.07) is 4.50. The smallest absolute Gasteiger partial charge is 0.176 e. The van der Waals surface area contributed by atoms with Crippen LogP contribution in [0, 0.1) is 18.4 Å². The van der Waals surface area contributed by atoms with Crippen LogP contribution >= 0.6 is 11.3 Å². The van der Waals surface area contributed by atoms with E-state index in [2.05, 4.69) is 29.8 Å². The minimum atomic E-state index is 0.338. The molecule has 0 saturated carbocycles. The monoisotopic (exact) mass is 196 g/mol. The molecule has 1 aromatic rings. The lowest BCUT2D eigenvalue weighted by molar-refractivity contribution is 0.627. The molecule has 72 valence electrons. The molecule has 1 unspecified atom stereocenters. The summed E-state index contributed by atoms with van der Waals surface area (Å²) in [4.78, 5) is 1.38. The van der Waals surface area contributed by atoms with Crippen molar-refractivity contribution in [1.82, 2.24) is 5.32 Å². The lowest BCUT2D eigenvalue weighted by Gasteiger charge is -2.01. The van der Waals surface area contributed by atoms with Crippen LogP contribution in [-0.2, 0) is 0 Å². The van der Waals surface area contributed by atoms with Crippen molar-refractivity contribution in [2.75, 3.05) is 0 Å². The molecule has 13 heavy (non-hydrogen) atoms. The van der Waals surface area contributed by atoms with Crippen molar-refractivity contribution in [1.29, 1.82) is 5.26 Å². The Labute approximate surface area is 84.2 Å². The summed E-state index contributed by atoms with van der Waals surface area (Å²) in [5, 5.41) is 12.7. The highest BCUT2D eigenvalue weighted by Crippen LogP contribution is 2.03. The number of aryl methyl sites for hydroxylation is 1. The van der Waals surface area contributed by atoms with E-state index in [1.54, 1.807) is 11.3 Å². The van der Waals surface area contributed by atoms with Crippen LogP contribution in [0.3, 0.4) is 0 Å². The molecule has 0 fully saturated rings. The fourth-order valence-electron chi connectivity index (χ4n) is 0.573. The zero-order valence-electron chi connectivity index (χ0n) is 8.37. The SMILES string of the molecule is CCC(C)NC#N.Cc1cccs1. The average Bonchev–Trinajstić information content (AvgIpc) is 2.57. The van der Waals surface area contributed by atoms with Crippen molar-refractivity contribution < 1.29 is 0 Å². The van der Waals surface area contributed by atoms with Crippen LogP contribution in [0.4, 0.5) is 0 Å². The van der Waals surface area contributed by atoms with E-state index >= 15 is 0 Å². The largest absolute Gasteiger partial charge is 0.321 e. The first-order valence-electron chi connectivity index (χ1n) is 4.35. The highest BCUT2D eigenvalue weighted by atomic mass is 32.1. The molecule has 2 nitrogen and oxygen atoms in total. The van der Waals surface area contributed by atoms with Gasteiger partial charge in [0.2, 0.25) is 0 Å². The number of nitrogens with zero attached hydrogens (tertiary/aromatic N) is 1. The van der Waals surface area contributed by atoms with Gasteiger partial charge in [0.25, 0.3) is 0 Å². The molecular weight excluding hydrogens is 180 g/mol. The molecule has 0 aromatic carbocycles. The van der Waals surface area contributed by atoms with Gasteiger partial charge >= 0.3 is 0 Å². The van der Waals surface area contributed by atoms with Crippen LogP contribution in [0.2, 0.25) is 0 Å². The molecule has 3 heteroatoms. The van der Waals surface area contributed by atoms with E-state index in [1.807, 2.05) is 20.0 Å². The molecule has 0 aliphatic carbocycles. The summed E-state index contributed by atoms with van der Waals surface area (Å²) in [7, 11) is 0. The number of hydrogen-bond acceptors (Lipinski definition) is 3. The summed E-state index contributed by atoms with van der Waals surface area (Å²) >= 11 is 1.78. The number of nitrogens with one attached hydrogen (secondary N) is 1. The van der Waals surface area contributed by atoms with Gasteiger partial charge in [0.1, 0.15) is 0 Å². The number of rotatable bonds is 2. The van der Waals surface area contributed by atoms with Crippen LogP contribution < -0.4 is 5.32 Å². The van der Waals surface area contributed by atoms with Crippen molar-refractivity contribution in [2.45, 2.75) is 33.2 Å². The minimum absolute atomic E-state index is 0.338. The third kappa shape index (κ3) is 7.35. The Morgan fingerprint density at radius 2 is 2.38 bits per heavy atom. The first kappa shape index (κ1) is 12.0. The number of thiophene rings is 1. The maximum atomic E-state index is 8.01. The van der Waals surface area contributed by atoms with E-state index in [4.69, 9.17) is 5.26 Å².